The van der Waals surface area contributed by atoms with Gasteiger partial charge in [-0.1, -0.05) is 60.7 Å². The van der Waals surface area contributed by atoms with Gasteiger partial charge in [0.15, 0.2) is 0 Å². The first kappa shape index (κ1) is 28.3. The first-order valence-corrected chi connectivity index (χ1v) is 14.3. The Bertz CT molecular complexity index is 1530. The molecule has 2 atom stereocenters. The van der Waals surface area contributed by atoms with Crippen LogP contribution in [0.25, 0.3) is 11.1 Å². The number of carboxylic acids is 1. The third kappa shape index (κ3) is 7.03. The molecule has 2 N–H and O–H groups in total. The molecular weight excluding hydrogens is 544 g/mol. The molecule has 4 rings (SSSR count). The Morgan fingerprint density at radius 3 is 2.10 bits per heavy atom. The summed E-state index contributed by atoms with van der Waals surface area (Å²) in [6.45, 7) is 0. The molecule has 4 aromatic carbocycles. The summed E-state index contributed by atoms with van der Waals surface area (Å²) in [5.74, 6) is -2.20. The van der Waals surface area contributed by atoms with Gasteiger partial charge in [-0.25, -0.2) is 17.2 Å². The Morgan fingerprint density at radius 2 is 1.54 bits per heavy atom. The zero-order valence-electron chi connectivity index (χ0n) is 20.8. The number of hydrogen-bond donors (Lipinski definition) is 2. The highest BCUT2D eigenvalue weighted by Gasteiger charge is 2.34. The molecule has 0 aromatic heterocycles. The second-order valence-electron chi connectivity index (χ2n) is 8.57. The smallest absolute Gasteiger partial charge is 0.323 e. The molecule has 0 fully saturated rings. The highest BCUT2D eigenvalue weighted by molar-refractivity contribution is 7.98. The lowest BCUT2D eigenvalue weighted by atomic mass is 10.1. The van der Waals surface area contributed by atoms with Crippen molar-refractivity contribution in [3.8, 4) is 16.9 Å². The Morgan fingerprint density at radius 1 is 0.923 bits per heavy atom. The van der Waals surface area contributed by atoms with E-state index in [4.69, 9.17) is 4.74 Å². The molecule has 0 bridgehead atoms. The largest absolute Gasteiger partial charge is 0.497 e. The monoisotopic (exact) mass is 569 g/mol. The Balaban J connectivity index is 1.59. The van der Waals surface area contributed by atoms with Gasteiger partial charge in [-0.15, -0.1) is 11.8 Å². The maximum absolute atomic E-state index is 14.3. The van der Waals surface area contributed by atoms with Gasteiger partial charge in [-0.05, 0) is 52.6 Å². The number of ether oxygens (including phenoxy) is 1. The SMILES string of the molecule is COc1ccc(-c2ccc(S(=O)(=O)N[C@@H](C(=O)O)[C@H](SCc3ccc(F)cc3F)c3ccccc3)cc2)cc1. The summed E-state index contributed by atoms with van der Waals surface area (Å²) >= 11 is 1.04. The van der Waals surface area contributed by atoms with E-state index in [1.807, 2.05) is 12.1 Å². The van der Waals surface area contributed by atoms with E-state index in [1.165, 1.54) is 18.2 Å². The molecule has 0 unspecified atom stereocenters. The van der Waals surface area contributed by atoms with E-state index in [-0.39, 0.29) is 16.2 Å². The van der Waals surface area contributed by atoms with E-state index in [2.05, 4.69) is 4.72 Å². The van der Waals surface area contributed by atoms with Crippen LogP contribution < -0.4 is 9.46 Å². The quantitative estimate of drug-likeness (QED) is 0.229. The highest BCUT2D eigenvalue weighted by atomic mass is 32.2. The first-order valence-electron chi connectivity index (χ1n) is 11.8. The molecule has 0 spiro atoms. The lowest BCUT2D eigenvalue weighted by Crippen LogP contribution is -2.44. The third-order valence-electron chi connectivity index (χ3n) is 6.00. The fourth-order valence-corrected chi connectivity index (χ4v) is 6.54. The maximum atomic E-state index is 14.3. The number of nitrogens with one attached hydrogen (secondary N) is 1. The molecule has 4 aromatic rings. The molecule has 0 saturated carbocycles. The summed E-state index contributed by atoms with van der Waals surface area (Å²) in [5, 5.41) is 9.15. The molecular formula is C29H25F2NO5S2. The summed E-state index contributed by atoms with van der Waals surface area (Å²) in [4.78, 5) is 12.3. The number of carbonyl (C=O) groups is 1. The van der Waals surface area contributed by atoms with Gasteiger partial charge in [0.2, 0.25) is 10.0 Å². The van der Waals surface area contributed by atoms with Crippen LogP contribution in [0.15, 0.2) is 102 Å². The predicted molar refractivity (Wildman–Crippen MR) is 147 cm³/mol. The zero-order chi connectivity index (χ0) is 28.0. The van der Waals surface area contributed by atoms with E-state index >= 15 is 0 Å². The Kier molecular flexibility index (Phi) is 9.01. The average molecular weight is 570 g/mol. The first-order chi connectivity index (χ1) is 18.7. The van der Waals surface area contributed by atoms with Crippen LogP contribution in [0.4, 0.5) is 8.78 Å². The fraction of sp³-hybridized carbons (Fsp3) is 0.138. The van der Waals surface area contributed by atoms with Gasteiger partial charge in [0.05, 0.1) is 17.3 Å². The normalized spacial score (nSPS) is 13.0. The number of benzene rings is 4. The zero-order valence-corrected chi connectivity index (χ0v) is 22.4. The van der Waals surface area contributed by atoms with Crippen molar-refractivity contribution < 1.29 is 31.8 Å². The minimum Gasteiger partial charge on any atom is -0.497 e. The van der Waals surface area contributed by atoms with E-state index in [1.54, 1.807) is 61.7 Å². The molecule has 0 aliphatic heterocycles. The number of rotatable bonds is 11. The number of hydrogen-bond acceptors (Lipinski definition) is 5. The van der Waals surface area contributed by atoms with E-state index in [0.717, 1.165) is 35.0 Å². The molecule has 39 heavy (non-hydrogen) atoms. The summed E-state index contributed by atoms with van der Waals surface area (Å²) in [6.07, 6.45) is 0. The fourth-order valence-electron chi connectivity index (χ4n) is 3.93. The van der Waals surface area contributed by atoms with Crippen LogP contribution >= 0.6 is 11.8 Å². The molecule has 0 heterocycles. The molecule has 0 aliphatic rings. The molecule has 0 saturated heterocycles. The van der Waals surface area contributed by atoms with Gasteiger partial charge in [0, 0.05) is 11.8 Å². The van der Waals surface area contributed by atoms with Gasteiger partial charge in [0.25, 0.3) is 0 Å². The summed E-state index contributed by atoms with van der Waals surface area (Å²) in [6, 6.07) is 23.4. The summed E-state index contributed by atoms with van der Waals surface area (Å²) < 4.78 is 61.6. The minimum atomic E-state index is -4.25. The van der Waals surface area contributed by atoms with Crippen molar-refractivity contribution in [2.45, 2.75) is 21.9 Å². The average Bonchev–Trinajstić information content (AvgIpc) is 2.94. The second-order valence-corrected chi connectivity index (χ2v) is 11.4. The Hall–Kier alpha value is -3.73. The van der Waals surface area contributed by atoms with Crippen LogP contribution in [-0.4, -0.2) is 32.6 Å². The standard InChI is InChI=1S/C29H25F2NO5S2/c1-37-24-13-8-19(9-14-24)20-10-15-25(16-11-20)39(35,36)32-27(29(33)34)28(21-5-3-2-4-6-21)38-18-22-7-12-23(30)17-26(22)31/h2-17,27-28,32H,18H2,1H3,(H,33,34)/t27-,28-/m1/s1. The van der Waals surface area contributed by atoms with Gasteiger partial charge in [0.1, 0.15) is 23.4 Å². The second kappa shape index (κ2) is 12.4. The topological polar surface area (TPSA) is 92.7 Å². The third-order valence-corrected chi connectivity index (χ3v) is 8.84. The number of aliphatic carboxylic acids is 1. The van der Waals surface area contributed by atoms with Crippen molar-refractivity contribution in [2.75, 3.05) is 7.11 Å². The summed E-state index contributed by atoms with van der Waals surface area (Å²) in [7, 11) is -2.69. The molecule has 6 nitrogen and oxygen atoms in total. The number of thioether (sulfide) groups is 1. The van der Waals surface area contributed by atoms with E-state index in [9.17, 15) is 27.1 Å². The van der Waals surface area contributed by atoms with Crippen molar-refractivity contribution >= 4 is 27.8 Å². The van der Waals surface area contributed by atoms with Crippen molar-refractivity contribution in [3.05, 3.63) is 120 Å². The van der Waals surface area contributed by atoms with Gasteiger partial charge in [-0.2, -0.15) is 4.72 Å². The highest BCUT2D eigenvalue weighted by Crippen LogP contribution is 2.36. The van der Waals surface area contributed by atoms with Crippen LogP contribution in [0, 0.1) is 11.6 Å². The minimum absolute atomic E-state index is 0.00621. The number of sulfonamides is 1. The number of methoxy groups -OCH3 is 1. The molecule has 0 amide bonds. The predicted octanol–water partition coefficient (Wildman–Crippen LogP) is 6.05. The van der Waals surface area contributed by atoms with Gasteiger partial charge in [-0.3, -0.25) is 4.79 Å². The maximum Gasteiger partial charge on any atom is 0.323 e. The van der Waals surface area contributed by atoms with Crippen LogP contribution in [0.5, 0.6) is 5.75 Å². The lowest BCUT2D eigenvalue weighted by molar-refractivity contribution is -0.139. The molecule has 0 aliphatic carbocycles. The Labute approximate surface area is 229 Å². The van der Waals surface area contributed by atoms with Crippen molar-refractivity contribution in [2.24, 2.45) is 0 Å². The van der Waals surface area contributed by atoms with Gasteiger partial charge >= 0.3 is 5.97 Å². The van der Waals surface area contributed by atoms with Crippen molar-refractivity contribution in [1.82, 2.24) is 4.72 Å². The van der Waals surface area contributed by atoms with Crippen LogP contribution in [0.1, 0.15) is 16.4 Å². The lowest BCUT2D eigenvalue weighted by Gasteiger charge is -2.25. The van der Waals surface area contributed by atoms with Crippen molar-refractivity contribution in [3.63, 3.8) is 0 Å². The van der Waals surface area contributed by atoms with E-state index in [0.29, 0.717) is 11.3 Å². The molecule has 0 radical (unpaired) electrons. The number of carboxylic acid groups (broad SMARTS) is 1. The number of halogens is 2. The van der Waals surface area contributed by atoms with E-state index < -0.39 is 38.9 Å². The summed E-state index contributed by atoms with van der Waals surface area (Å²) in [5.41, 5.74) is 2.33. The van der Waals surface area contributed by atoms with Crippen LogP contribution in [0.3, 0.4) is 0 Å². The van der Waals surface area contributed by atoms with Crippen LogP contribution in [-0.2, 0) is 20.6 Å². The van der Waals surface area contributed by atoms with Crippen molar-refractivity contribution in [1.29, 1.82) is 0 Å². The molecule has 202 valence electrons. The molecule has 10 heteroatoms. The van der Waals surface area contributed by atoms with Gasteiger partial charge < -0.3 is 9.84 Å². The van der Waals surface area contributed by atoms with Crippen LogP contribution in [0.2, 0.25) is 0 Å².